The van der Waals surface area contributed by atoms with E-state index in [1.807, 2.05) is 6.07 Å². The first kappa shape index (κ1) is 20.6. The monoisotopic (exact) mass is 442 g/mol. The van der Waals surface area contributed by atoms with E-state index in [0.29, 0.717) is 16.6 Å². The molecule has 9 heteroatoms. The molecular formula is C24H18N4O5. The number of imide groups is 1. The fourth-order valence-corrected chi connectivity index (χ4v) is 4.27. The molecule has 1 aromatic heterocycles. The second-order valence-electron chi connectivity index (χ2n) is 7.98. The molecule has 2 aromatic carbocycles. The minimum absolute atomic E-state index is 0.0134. The van der Waals surface area contributed by atoms with Crippen LogP contribution < -0.4 is 5.32 Å². The number of carbonyl (C=O) groups excluding carboxylic acids is 5. The molecule has 1 atom stereocenters. The number of para-hydroxylation sites is 2. The summed E-state index contributed by atoms with van der Waals surface area (Å²) < 4.78 is 0. The maximum absolute atomic E-state index is 13.1. The summed E-state index contributed by atoms with van der Waals surface area (Å²) in [4.78, 5) is 72.1. The maximum Gasteiger partial charge on any atom is 0.271 e. The van der Waals surface area contributed by atoms with Gasteiger partial charge in [0.1, 0.15) is 11.5 Å². The lowest BCUT2D eigenvalue weighted by Gasteiger charge is -2.27. The van der Waals surface area contributed by atoms with Crippen LogP contribution in [0, 0.1) is 0 Å². The van der Waals surface area contributed by atoms with E-state index in [0.717, 1.165) is 4.90 Å². The van der Waals surface area contributed by atoms with E-state index in [2.05, 4.69) is 15.3 Å². The van der Waals surface area contributed by atoms with Crippen LogP contribution in [0.2, 0.25) is 0 Å². The molecule has 1 aliphatic heterocycles. The van der Waals surface area contributed by atoms with Crippen molar-refractivity contribution in [1.29, 1.82) is 0 Å². The number of aromatic nitrogens is 2. The Hall–Kier alpha value is -4.27. The predicted molar refractivity (Wildman–Crippen MR) is 115 cm³/mol. The first-order valence-corrected chi connectivity index (χ1v) is 10.5. The van der Waals surface area contributed by atoms with E-state index >= 15 is 0 Å². The summed E-state index contributed by atoms with van der Waals surface area (Å²) >= 11 is 0. The van der Waals surface area contributed by atoms with Crippen molar-refractivity contribution in [2.75, 3.05) is 0 Å². The predicted octanol–water partition coefficient (Wildman–Crippen LogP) is 1.85. The Morgan fingerprint density at radius 2 is 1.79 bits per heavy atom. The van der Waals surface area contributed by atoms with Gasteiger partial charge in [-0.3, -0.25) is 33.9 Å². The van der Waals surface area contributed by atoms with Crippen molar-refractivity contribution in [1.82, 2.24) is 20.2 Å². The Balaban J connectivity index is 1.37. The van der Waals surface area contributed by atoms with Crippen LogP contribution in [0.15, 0.2) is 48.7 Å². The van der Waals surface area contributed by atoms with Gasteiger partial charge in [-0.1, -0.05) is 24.3 Å². The van der Waals surface area contributed by atoms with Crippen LogP contribution in [0.1, 0.15) is 56.0 Å². The number of Topliss-reactive ketones (excluding diaryl/α,β-unsaturated/α-hetero) is 2. The minimum atomic E-state index is -0.939. The molecule has 33 heavy (non-hydrogen) atoms. The summed E-state index contributed by atoms with van der Waals surface area (Å²) in [7, 11) is 0. The van der Waals surface area contributed by atoms with Gasteiger partial charge >= 0.3 is 0 Å². The van der Waals surface area contributed by atoms with Gasteiger partial charge < -0.3 is 5.32 Å². The number of carbonyl (C=O) groups is 5. The quantitative estimate of drug-likeness (QED) is 0.483. The molecule has 1 N–H and O–H groups in total. The number of amides is 3. The van der Waals surface area contributed by atoms with Crippen LogP contribution >= 0.6 is 0 Å². The number of hydrogen-bond acceptors (Lipinski definition) is 7. The van der Waals surface area contributed by atoms with E-state index in [1.54, 1.807) is 30.3 Å². The van der Waals surface area contributed by atoms with E-state index in [1.165, 1.54) is 12.3 Å². The van der Waals surface area contributed by atoms with Crippen molar-refractivity contribution in [2.24, 2.45) is 0 Å². The van der Waals surface area contributed by atoms with Gasteiger partial charge in [-0.05, 0) is 30.2 Å². The molecule has 0 radical (unpaired) electrons. The van der Waals surface area contributed by atoms with Crippen molar-refractivity contribution in [3.63, 3.8) is 0 Å². The minimum Gasteiger partial charge on any atom is -0.347 e. The third-order valence-electron chi connectivity index (χ3n) is 5.90. The van der Waals surface area contributed by atoms with Gasteiger partial charge in [0.15, 0.2) is 5.78 Å². The molecule has 1 unspecified atom stereocenters. The van der Waals surface area contributed by atoms with Gasteiger partial charge in [-0.2, -0.15) is 0 Å². The number of hydrogen-bond donors (Lipinski definition) is 1. The molecule has 1 fully saturated rings. The first-order chi connectivity index (χ1) is 15.9. The topological polar surface area (TPSA) is 126 Å². The van der Waals surface area contributed by atoms with Crippen molar-refractivity contribution < 1.29 is 24.0 Å². The highest BCUT2D eigenvalue weighted by atomic mass is 16.2. The second-order valence-corrected chi connectivity index (χ2v) is 7.98. The number of nitrogens with one attached hydrogen (secondary N) is 1. The first-order valence-electron chi connectivity index (χ1n) is 10.5. The molecule has 1 aliphatic carbocycles. The molecule has 0 saturated heterocycles. The zero-order valence-electron chi connectivity index (χ0n) is 17.4. The third kappa shape index (κ3) is 3.57. The highest BCUT2D eigenvalue weighted by Gasteiger charge is 2.45. The standard InChI is InChI=1S/C24H18N4O5/c29-14-8-9-19(20(30)10-14)28-23(32)15-5-3-4-13(21(15)24(28)33)11-26-22(31)18-12-25-16-6-1-2-7-17(16)27-18/h1-7,12,19H,8-11H2,(H,26,31). The molecule has 164 valence electrons. The summed E-state index contributed by atoms with van der Waals surface area (Å²) in [6.45, 7) is -0.0134. The highest BCUT2D eigenvalue weighted by Crippen LogP contribution is 2.31. The second kappa shape index (κ2) is 8.01. The number of ketones is 2. The summed E-state index contributed by atoms with van der Waals surface area (Å²) in [5, 5.41) is 2.72. The number of benzene rings is 2. The Bertz CT molecular complexity index is 1370. The lowest BCUT2D eigenvalue weighted by Crippen LogP contribution is -2.47. The van der Waals surface area contributed by atoms with Crippen LogP contribution in [-0.2, 0) is 16.1 Å². The molecule has 9 nitrogen and oxygen atoms in total. The molecule has 0 bridgehead atoms. The number of fused-ring (bicyclic) bond motifs is 2. The fourth-order valence-electron chi connectivity index (χ4n) is 4.27. The van der Waals surface area contributed by atoms with Crippen molar-refractivity contribution in [3.8, 4) is 0 Å². The molecule has 1 saturated carbocycles. The van der Waals surface area contributed by atoms with Crippen LogP contribution in [0.5, 0.6) is 0 Å². The Kier molecular flexibility index (Phi) is 5.01. The zero-order valence-corrected chi connectivity index (χ0v) is 17.4. The van der Waals surface area contributed by atoms with Crippen molar-refractivity contribution in [3.05, 3.63) is 71.0 Å². The largest absolute Gasteiger partial charge is 0.347 e. The molecule has 2 heterocycles. The van der Waals surface area contributed by atoms with Gasteiger partial charge in [-0.15, -0.1) is 0 Å². The van der Waals surface area contributed by atoms with E-state index in [4.69, 9.17) is 0 Å². The number of rotatable bonds is 4. The zero-order chi connectivity index (χ0) is 23.1. The van der Waals surface area contributed by atoms with Gasteiger partial charge in [0.25, 0.3) is 17.7 Å². The molecule has 0 spiro atoms. The van der Waals surface area contributed by atoms with Crippen molar-refractivity contribution >= 4 is 40.3 Å². The molecule has 2 aliphatic rings. The lowest BCUT2D eigenvalue weighted by molar-refractivity contribution is -0.132. The summed E-state index contributed by atoms with van der Waals surface area (Å²) in [6.07, 6.45) is 1.39. The molecule has 3 amide bonds. The Morgan fingerprint density at radius 3 is 2.58 bits per heavy atom. The van der Waals surface area contributed by atoms with E-state index in [9.17, 15) is 24.0 Å². The Morgan fingerprint density at radius 1 is 1.00 bits per heavy atom. The van der Waals surface area contributed by atoms with Crippen LogP contribution in [-0.4, -0.2) is 50.2 Å². The Labute approximate surface area is 187 Å². The smallest absolute Gasteiger partial charge is 0.271 e. The average molecular weight is 442 g/mol. The van der Waals surface area contributed by atoms with Gasteiger partial charge in [0.05, 0.1) is 40.8 Å². The fraction of sp³-hybridized carbons (Fsp3) is 0.208. The van der Waals surface area contributed by atoms with Gasteiger partial charge in [0, 0.05) is 13.0 Å². The summed E-state index contributed by atoms with van der Waals surface area (Å²) in [5.74, 6) is -2.23. The summed E-state index contributed by atoms with van der Waals surface area (Å²) in [5.41, 5.74) is 2.17. The van der Waals surface area contributed by atoms with Crippen molar-refractivity contribution in [2.45, 2.75) is 31.8 Å². The molecular weight excluding hydrogens is 424 g/mol. The molecule has 3 aromatic rings. The summed E-state index contributed by atoms with van der Waals surface area (Å²) in [6, 6.07) is 11.0. The van der Waals surface area contributed by atoms with Gasteiger partial charge in [-0.25, -0.2) is 4.98 Å². The van der Waals surface area contributed by atoms with Crippen LogP contribution in [0.25, 0.3) is 11.0 Å². The van der Waals surface area contributed by atoms with Crippen LogP contribution in [0.4, 0.5) is 0 Å². The number of nitrogens with zero attached hydrogens (tertiary/aromatic N) is 3. The SMILES string of the molecule is O=C1CCC(N2C(=O)c3cccc(CNC(=O)c4cnc5ccccc5n4)c3C2=O)C(=O)C1. The normalized spacial score (nSPS) is 18.1. The van der Waals surface area contributed by atoms with Crippen LogP contribution in [0.3, 0.4) is 0 Å². The van der Waals surface area contributed by atoms with Gasteiger partial charge in [0.2, 0.25) is 0 Å². The van der Waals surface area contributed by atoms with E-state index < -0.39 is 29.5 Å². The van der Waals surface area contributed by atoms with E-state index in [-0.39, 0.29) is 48.4 Å². The maximum atomic E-state index is 13.1. The highest BCUT2D eigenvalue weighted by molar-refractivity contribution is 6.24. The molecule has 5 rings (SSSR count). The lowest BCUT2D eigenvalue weighted by atomic mass is 9.92. The third-order valence-corrected chi connectivity index (χ3v) is 5.90. The average Bonchev–Trinajstić information content (AvgIpc) is 3.08.